The lowest BCUT2D eigenvalue weighted by Gasteiger charge is -1.98. The first-order valence-corrected chi connectivity index (χ1v) is 4.95. The van der Waals surface area contributed by atoms with Crippen LogP contribution in [0.25, 0.3) is 11.1 Å². The quantitative estimate of drug-likeness (QED) is 0.429. The molecule has 3 rings (SSSR count). The van der Waals surface area contributed by atoms with Gasteiger partial charge in [-0.1, -0.05) is 48.5 Å². The van der Waals surface area contributed by atoms with Gasteiger partial charge in [0.1, 0.15) is 0 Å². The molecule has 0 atom stereocenters. The second-order valence-electron chi connectivity index (χ2n) is 3.49. The third-order valence-electron chi connectivity index (χ3n) is 2.71. The van der Waals surface area contributed by atoms with Gasteiger partial charge in [-0.25, -0.2) is 0 Å². The van der Waals surface area contributed by atoms with Crippen LogP contribution in [-0.4, -0.2) is 0 Å². The number of fused-ring (bicyclic) bond motifs is 3. The average molecular weight is 198 g/mol. The molecule has 2 aromatic carbocycles. The van der Waals surface area contributed by atoms with Gasteiger partial charge >= 0.3 is 0 Å². The monoisotopic (exact) mass is 198 g/mol. The summed E-state index contributed by atoms with van der Waals surface area (Å²) in [4.78, 5) is 0. The zero-order valence-corrected chi connectivity index (χ0v) is 8.48. The van der Waals surface area contributed by atoms with Crippen molar-refractivity contribution in [2.75, 3.05) is 0 Å². The Labute approximate surface area is 89.5 Å². The number of benzene rings is 2. The zero-order valence-electron chi connectivity index (χ0n) is 8.48. The molecule has 2 nitrogen and oxygen atoms in total. The van der Waals surface area contributed by atoms with Crippen molar-refractivity contribution < 1.29 is 0 Å². The van der Waals surface area contributed by atoms with E-state index < -0.39 is 0 Å². The maximum absolute atomic E-state index is 4.00. The fraction of sp³-hybridized carbons (Fsp3) is 0.0769. The molecule has 0 saturated carbocycles. The first-order valence-electron chi connectivity index (χ1n) is 4.95. The molecule has 0 heterocycles. The Hall–Kier alpha value is -1.64. The van der Waals surface area contributed by atoms with Gasteiger partial charge in [-0.05, 0) is 28.7 Å². The van der Waals surface area contributed by atoms with Crippen molar-refractivity contribution in [2.45, 2.75) is 6.42 Å². The van der Waals surface area contributed by atoms with Crippen molar-refractivity contribution in [3.05, 3.63) is 59.7 Å². The molecule has 0 amide bonds. The molecule has 0 unspecified atom stereocenters. The van der Waals surface area contributed by atoms with Crippen LogP contribution in [0.2, 0.25) is 0 Å². The van der Waals surface area contributed by atoms with Crippen molar-refractivity contribution in [1.29, 1.82) is 0 Å². The molecule has 1 aliphatic carbocycles. The fourth-order valence-corrected chi connectivity index (χ4v) is 2.08. The second-order valence-corrected chi connectivity index (χ2v) is 3.49. The third-order valence-corrected chi connectivity index (χ3v) is 2.71. The van der Waals surface area contributed by atoms with Crippen LogP contribution in [0.5, 0.6) is 0 Å². The molecule has 0 saturated heterocycles. The number of hydrogen-bond acceptors (Lipinski definition) is 2. The van der Waals surface area contributed by atoms with Crippen LogP contribution < -0.4 is 11.7 Å². The molecule has 0 aliphatic heterocycles. The van der Waals surface area contributed by atoms with Gasteiger partial charge in [0.2, 0.25) is 0 Å². The molecule has 76 valence electrons. The standard InChI is InChI=1S/C13H10.H4N2/c1-3-7-12-10(5-1)9-11-6-2-4-8-13(11)12;1-2/h1-8H,9H2;1-2H2. The summed E-state index contributed by atoms with van der Waals surface area (Å²) in [6.07, 6.45) is 1.10. The lowest BCUT2D eigenvalue weighted by molar-refractivity contribution is 1.26. The highest BCUT2D eigenvalue weighted by molar-refractivity contribution is 5.76. The van der Waals surface area contributed by atoms with E-state index in [-0.39, 0.29) is 0 Å². The lowest BCUT2D eigenvalue weighted by Crippen LogP contribution is -2.02. The van der Waals surface area contributed by atoms with Gasteiger partial charge in [-0.15, -0.1) is 0 Å². The summed E-state index contributed by atoms with van der Waals surface area (Å²) in [5.74, 6) is 8.00. The molecule has 1 aliphatic rings. The average Bonchev–Trinajstić information content (AvgIpc) is 2.70. The number of hydrogen-bond donors (Lipinski definition) is 2. The van der Waals surface area contributed by atoms with E-state index in [1.165, 1.54) is 22.3 Å². The summed E-state index contributed by atoms with van der Waals surface area (Å²) in [6.45, 7) is 0. The van der Waals surface area contributed by atoms with E-state index in [4.69, 9.17) is 0 Å². The highest BCUT2D eigenvalue weighted by Gasteiger charge is 2.15. The molecule has 0 fully saturated rings. The number of hydrazine groups is 1. The highest BCUT2D eigenvalue weighted by atomic mass is 15.0. The molecule has 2 aromatic rings. The fourth-order valence-electron chi connectivity index (χ4n) is 2.08. The summed E-state index contributed by atoms with van der Waals surface area (Å²) >= 11 is 0. The molecule has 15 heavy (non-hydrogen) atoms. The van der Waals surface area contributed by atoms with Crippen LogP contribution in [-0.2, 0) is 6.42 Å². The number of nitrogens with two attached hydrogens (primary N) is 2. The molecule has 0 spiro atoms. The van der Waals surface area contributed by atoms with Crippen LogP contribution in [0.3, 0.4) is 0 Å². The predicted molar refractivity (Wildman–Crippen MR) is 63.1 cm³/mol. The van der Waals surface area contributed by atoms with Gasteiger partial charge in [0, 0.05) is 0 Å². The van der Waals surface area contributed by atoms with E-state index in [0.29, 0.717) is 0 Å². The Balaban J connectivity index is 0.000000404. The summed E-state index contributed by atoms with van der Waals surface area (Å²) in [5.41, 5.74) is 5.75. The van der Waals surface area contributed by atoms with Crippen LogP contribution in [0.1, 0.15) is 11.1 Å². The van der Waals surface area contributed by atoms with Gasteiger partial charge in [-0.3, -0.25) is 11.7 Å². The van der Waals surface area contributed by atoms with Gasteiger partial charge < -0.3 is 0 Å². The second kappa shape index (κ2) is 4.26. The van der Waals surface area contributed by atoms with Crippen LogP contribution in [0.15, 0.2) is 48.5 Å². The largest absolute Gasteiger partial charge is 0.274 e. The summed E-state index contributed by atoms with van der Waals surface area (Å²) in [5, 5.41) is 0. The number of rotatable bonds is 0. The summed E-state index contributed by atoms with van der Waals surface area (Å²) < 4.78 is 0. The van der Waals surface area contributed by atoms with Gasteiger partial charge in [0.25, 0.3) is 0 Å². The molecular weight excluding hydrogens is 184 g/mol. The van der Waals surface area contributed by atoms with E-state index in [1.54, 1.807) is 0 Å². The first kappa shape index (κ1) is 9.90. The van der Waals surface area contributed by atoms with Crippen molar-refractivity contribution in [3.8, 4) is 11.1 Å². The SMILES string of the molecule is NN.c1ccc2c(c1)Cc1ccccc1-2. The van der Waals surface area contributed by atoms with Crippen molar-refractivity contribution in [1.82, 2.24) is 0 Å². The molecular formula is C13H14N2. The van der Waals surface area contributed by atoms with E-state index >= 15 is 0 Å². The molecule has 0 aromatic heterocycles. The Kier molecular flexibility index (Phi) is 2.81. The van der Waals surface area contributed by atoms with Crippen molar-refractivity contribution in [2.24, 2.45) is 11.7 Å². The van der Waals surface area contributed by atoms with E-state index in [2.05, 4.69) is 60.2 Å². The highest BCUT2D eigenvalue weighted by Crippen LogP contribution is 2.35. The maximum Gasteiger partial charge on any atom is -0.00135 e. The summed E-state index contributed by atoms with van der Waals surface area (Å²) in [6, 6.07) is 17.3. The van der Waals surface area contributed by atoms with E-state index in [0.717, 1.165) is 6.42 Å². The lowest BCUT2D eigenvalue weighted by atomic mass is 10.1. The van der Waals surface area contributed by atoms with Crippen molar-refractivity contribution in [3.63, 3.8) is 0 Å². The van der Waals surface area contributed by atoms with Gasteiger partial charge in [-0.2, -0.15) is 0 Å². The van der Waals surface area contributed by atoms with Crippen LogP contribution >= 0.6 is 0 Å². The maximum atomic E-state index is 4.00. The van der Waals surface area contributed by atoms with E-state index in [9.17, 15) is 0 Å². The molecule has 2 heteroatoms. The Morgan fingerprint density at radius 1 is 0.667 bits per heavy atom. The smallest absolute Gasteiger partial charge is 0.00135 e. The minimum atomic E-state index is 1.10. The predicted octanol–water partition coefficient (Wildman–Crippen LogP) is 2.08. The minimum Gasteiger partial charge on any atom is -0.274 e. The Morgan fingerprint density at radius 2 is 1.07 bits per heavy atom. The Morgan fingerprint density at radius 3 is 1.53 bits per heavy atom. The van der Waals surface area contributed by atoms with Gasteiger partial charge in [0.15, 0.2) is 0 Å². The van der Waals surface area contributed by atoms with E-state index in [1.807, 2.05) is 0 Å². The third kappa shape index (κ3) is 1.65. The zero-order chi connectivity index (χ0) is 10.7. The molecule has 4 N–H and O–H groups in total. The summed E-state index contributed by atoms with van der Waals surface area (Å²) in [7, 11) is 0. The molecule has 0 radical (unpaired) electrons. The van der Waals surface area contributed by atoms with Gasteiger partial charge in [0.05, 0.1) is 0 Å². The topological polar surface area (TPSA) is 52.0 Å². The minimum absolute atomic E-state index is 1.10. The first-order chi connectivity index (χ1) is 7.45. The van der Waals surface area contributed by atoms with Crippen molar-refractivity contribution >= 4 is 0 Å². The van der Waals surface area contributed by atoms with Crippen LogP contribution in [0.4, 0.5) is 0 Å². The normalized spacial score (nSPS) is 11.1. The van der Waals surface area contributed by atoms with Crippen LogP contribution in [0, 0.1) is 0 Å². The Bertz CT molecular complexity index is 420. The molecule has 0 bridgehead atoms.